The van der Waals surface area contributed by atoms with Crippen LogP contribution in [0.15, 0.2) is 144 Å². The summed E-state index contributed by atoms with van der Waals surface area (Å²) in [5.41, 5.74) is 2.17. The highest BCUT2D eigenvalue weighted by Crippen LogP contribution is 2.39. The first kappa shape index (κ1) is 28.9. The van der Waals surface area contributed by atoms with Crippen LogP contribution in [-0.4, -0.2) is 28.4 Å². The lowest BCUT2D eigenvalue weighted by atomic mass is 10.2. The van der Waals surface area contributed by atoms with Gasteiger partial charge >= 0.3 is 0 Å². The number of thiophene rings is 2. The number of sulfone groups is 1. The number of fused-ring (bicyclic) bond motifs is 2. The fourth-order valence-corrected chi connectivity index (χ4v) is 8.30. The van der Waals surface area contributed by atoms with E-state index in [-0.39, 0.29) is 9.79 Å². The summed E-state index contributed by atoms with van der Waals surface area (Å²) in [5, 5.41) is 1.57. The van der Waals surface area contributed by atoms with E-state index in [1.54, 1.807) is 46.9 Å². The maximum atomic E-state index is 13.5. The SMILES string of the molecule is O=S(=O)(c1ccc(Oc2ncnc3sc(-c4ccccc4)cc23)cc1)c1ccc(Oc2ncnc3sc(-c4ccccc4)cc23)cc1. The molecule has 4 aromatic carbocycles. The van der Waals surface area contributed by atoms with Crippen LogP contribution >= 0.6 is 22.7 Å². The van der Waals surface area contributed by atoms with Crippen molar-refractivity contribution in [1.82, 2.24) is 19.9 Å². The Morgan fingerprint density at radius 2 is 0.894 bits per heavy atom. The average molecular weight is 671 g/mol. The van der Waals surface area contributed by atoms with Crippen LogP contribution in [0.3, 0.4) is 0 Å². The van der Waals surface area contributed by atoms with E-state index in [0.717, 1.165) is 41.3 Å². The van der Waals surface area contributed by atoms with Crippen molar-refractivity contribution in [3.8, 4) is 44.1 Å². The fourth-order valence-electron chi connectivity index (χ4n) is 5.05. The molecular weight excluding hydrogens is 649 g/mol. The van der Waals surface area contributed by atoms with Crippen LogP contribution in [0.2, 0.25) is 0 Å². The number of benzene rings is 4. The molecule has 11 heteroatoms. The van der Waals surface area contributed by atoms with Gasteiger partial charge in [0.25, 0.3) is 0 Å². The molecule has 8 aromatic rings. The smallest absolute Gasteiger partial charge is 0.231 e. The lowest BCUT2D eigenvalue weighted by Crippen LogP contribution is -2.02. The molecule has 0 fully saturated rings. The summed E-state index contributed by atoms with van der Waals surface area (Å²) in [6, 6.07) is 36.7. The summed E-state index contributed by atoms with van der Waals surface area (Å²) in [4.78, 5) is 21.4. The average Bonchev–Trinajstić information content (AvgIpc) is 3.76. The zero-order valence-electron chi connectivity index (χ0n) is 24.3. The highest BCUT2D eigenvalue weighted by molar-refractivity contribution is 7.91. The van der Waals surface area contributed by atoms with E-state index < -0.39 is 9.84 Å². The topological polar surface area (TPSA) is 104 Å². The van der Waals surface area contributed by atoms with Gasteiger partial charge in [-0.1, -0.05) is 60.7 Å². The van der Waals surface area contributed by atoms with Gasteiger partial charge in [0.1, 0.15) is 33.8 Å². The van der Waals surface area contributed by atoms with E-state index in [1.165, 1.54) is 36.9 Å². The minimum Gasteiger partial charge on any atom is -0.438 e. The molecule has 0 aliphatic carbocycles. The molecule has 0 aliphatic heterocycles. The zero-order valence-corrected chi connectivity index (χ0v) is 26.8. The van der Waals surface area contributed by atoms with Crippen molar-refractivity contribution in [2.24, 2.45) is 0 Å². The van der Waals surface area contributed by atoms with Gasteiger partial charge in [-0.15, -0.1) is 22.7 Å². The lowest BCUT2D eigenvalue weighted by molar-refractivity contribution is 0.468. The van der Waals surface area contributed by atoms with Crippen LogP contribution in [-0.2, 0) is 9.84 Å². The van der Waals surface area contributed by atoms with Crippen LogP contribution in [0, 0.1) is 0 Å². The summed E-state index contributed by atoms with van der Waals surface area (Å²) in [6.07, 6.45) is 2.93. The molecule has 4 aromatic heterocycles. The van der Waals surface area contributed by atoms with Crippen molar-refractivity contribution in [3.63, 3.8) is 0 Å². The molecule has 0 saturated carbocycles. The second-order valence-electron chi connectivity index (χ2n) is 10.4. The Morgan fingerprint density at radius 1 is 0.489 bits per heavy atom. The highest BCUT2D eigenvalue weighted by Gasteiger charge is 2.19. The van der Waals surface area contributed by atoms with Gasteiger partial charge < -0.3 is 9.47 Å². The van der Waals surface area contributed by atoms with Gasteiger partial charge in [0, 0.05) is 9.75 Å². The molecule has 0 amide bonds. The van der Waals surface area contributed by atoms with Crippen molar-refractivity contribution in [2.75, 3.05) is 0 Å². The van der Waals surface area contributed by atoms with Crippen molar-refractivity contribution in [3.05, 3.63) is 134 Å². The second-order valence-corrected chi connectivity index (χ2v) is 14.4. The molecule has 0 saturated heterocycles. The number of aromatic nitrogens is 4. The summed E-state index contributed by atoms with van der Waals surface area (Å²) in [6.45, 7) is 0. The third kappa shape index (κ3) is 5.72. The monoisotopic (exact) mass is 670 g/mol. The van der Waals surface area contributed by atoms with Gasteiger partial charge in [-0.3, -0.25) is 0 Å². The number of hydrogen-bond donors (Lipinski definition) is 0. The summed E-state index contributed by atoms with van der Waals surface area (Å²) in [7, 11) is -3.80. The first-order valence-electron chi connectivity index (χ1n) is 14.4. The maximum Gasteiger partial charge on any atom is 0.231 e. The Hall–Kier alpha value is -5.49. The predicted octanol–water partition coefficient (Wildman–Crippen LogP) is 9.45. The Labute approximate surface area is 277 Å². The third-order valence-electron chi connectivity index (χ3n) is 7.40. The molecule has 0 radical (unpaired) electrons. The van der Waals surface area contributed by atoms with Gasteiger partial charge in [0.2, 0.25) is 21.6 Å². The van der Waals surface area contributed by atoms with E-state index in [0.29, 0.717) is 23.3 Å². The minimum atomic E-state index is -3.80. The Balaban J connectivity index is 0.994. The molecule has 8 nitrogen and oxygen atoms in total. The van der Waals surface area contributed by atoms with E-state index in [9.17, 15) is 8.42 Å². The van der Waals surface area contributed by atoms with E-state index in [4.69, 9.17) is 9.47 Å². The zero-order chi connectivity index (χ0) is 31.8. The van der Waals surface area contributed by atoms with Crippen molar-refractivity contribution in [1.29, 1.82) is 0 Å². The molecule has 228 valence electrons. The van der Waals surface area contributed by atoms with Gasteiger partial charge in [-0.05, 0) is 71.8 Å². The largest absolute Gasteiger partial charge is 0.438 e. The molecule has 0 bridgehead atoms. The molecule has 47 heavy (non-hydrogen) atoms. The molecule has 4 heterocycles. The van der Waals surface area contributed by atoms with Crippen molar-refractivity contribution >= 4 is 52.9 Å². The quantitative estimate of drug-likeness (QED) is 0.158. The minimum absolute atomic E-state index is 0.137. The molecule has 0 aliphatic rings. The Morgan fingerprint density at radius 3 is 1.30 bits per heavy atom. The molecule has 0 atom stereocenters. The third-order valence-corrected chi connectivity index (χ3v) is 11.4. The summed E-state index contributed by atoms with van der Waals surface area (Å²) in [5.74, 6) is 1.72. The normalized spacial score (nSPS) is 11.6. The van der Waals surface area contributed by atoms with Gasteiger partial charge in [0.05, 0.1) is 20.6 Å². The van der Waals surface area contributed by atoms with Gasteiger partial charge in [-0.2, -0.15) is 0 Å². The molecule has 0 N–H and O–H groups in total. The van der Waals surface area contributed by atoms with E-state index in [2.05, 4.69) is 19.9 Å². The Kier molecular flexibility index (Phi) is 7.41. The maximum absolute atomic E-state index is 13.5. The molecule has 0 spiro atoms. The predicted molar refractivity (Wildman–Crippen MR) is 184 cm³/mol. The lowest BCUT2D eigenvalue weighted by Gasteiger charge is -2.09. The van der Waals surface area contributed by atoms with Crippen LogP contribution in [0.25, 0.3) is 41.3 Å². The number of rotatable bonds is 8. The molecule has 8 rings (SSSR count). The molecular formula is C36H22N4O4S3. The fraction of sp³-hybridized carbons (Fsp3) is 0. The van der Waals surface area contributed by atoms with E-state index >= 15 is 0 Å². The van der Waals surface area contributed by atoms with Gasteiger partial charge in [0.15, 0.2) is 0 Å². The Bertz CT molecular complexity index is 2300. The van der Waals surface area contributed by atoms with Crippen molar-refractivity contribution < 1.29 is 17.9 Å². The summed E-state index contributed by atoms with van der Waals surface area (Å²) >= 11 is 3.11. The summed E-state index contributed by atoms with van der Waals surface area (Å²) < 4.78 is 39.1. The molecule has 0 unspecified atom stereocenters. The van der Waals surface area contributed by atoms with E-state index in [1.807, 2.05) is 72.8 Å². The number of ether oxygens (including phenoxy) is 2. The first-order valence-corrected chi connectivity index (χ1v) is 17.5. The van der Waals surface area contributed by atoms with Gasteiger partial charge in [-0.25, -0.2) is 28.4 Å². The number of hydrogen-bond acceptors (Lipinski definition) is 10. The van der Waals surface area contributed by atoms with Crippen molar-refractivity contribution in [2.45, 2.75) is 9.79 Å². The van der Waals surface area contributed by atoms with Crippen LogP contribution in [0.1, 0.15) is 0 Å². The second kappa shape index (κ2) is 12.0. The van der Waals surface area contributed by atoms with Crippen LogP contribution in [0.5, 0.6) is 23.3 Å². The van der Waals surface area contributed by atoms with Crippen LogP contribution < -0.4 is 9.47 Å². The van der Waals surface area contributed by atoms with Crippen LogP contribution in [0.4, 0.5) is 0 Å². The number of nitrogens with zero attached hydrogens (tertiary/aromatic N) is 4. The first-order chi connectivity index (χ1) is 23.0. The highest BCUT2D eigenvalue weighted by atomic mass is 32.2. The standard InChI is InChI=1S/C36H22N4O4S3/c41-47(42,27-15-11-25(12-16-27)43-33-29-19-31(23-7-3-1-4-8-23)45-35(29)39-21-37-33)28-17-13-26(14-18-28)44-34-30-20-32(24-9-5-2-6-10-24)46-36(30)40-22-38-34/h1-22H.